The van der Waals surface area contributed by atoms with Crippen LogP contribution in [0.4, 0.5) is 5.82 Å². The fraction of sp³-hybridized carbons (Fsp3) is 0.238. The Labute approximate surface area is 163 Å². The van der Waals surface area contributed by atoms with Gasteiger partial charge in [-0.1, -0.05) is 12.1 Å². The first-order chi connectivity index (χ1) is 13.7. The minimum Gasteiger partial charge on any atom is -0.497 e. The molecule has 0 spiro atoms. The highest BCUT2D eigenvalue weighted by Gasteiger charge is 2.23. The summed E-state index contributed by atoms with van der Waals surface area (Å²) in [6, 6.07) is 15.1. The number of aromatic nitrogens is 2. The van der Waals surface area contributed by atoms with Crippen molar-refractivity contribution >= 4 is 5.82 Å². The van der Waals surface area contributed by atoms with Crippen molar-refractivity contribution in [2.24, 2.45) is 0 Å². The second-order valence-corrected chi connectivity index (χ2v) is 6.27. The molecule has 1 aliphatic heterocycles. The SMILES string of the molecule is COc1ccc(COc2ccc(-c3nccc(N)n3)cc2C2OCCO2)cc1. The standard InChI is InChI=1S/C21H21N3O4/c1-25-16-5-2-14(3-6-16)13-28-18-7-4-15(20-23-9-8-19(22)24-20)12-17(18)21-26-10-11-27-21/h2-9,12,21H,10-11,13H2,1H3,(H2,22,23,24). The highest BCUT2D eigenvalue weighted by Crippen LogP contribution is 2.34. The molecule has 2 heterocycles. The van der Waals surface area contributed by atoms with Crippen LogP contribution in [0.15, 0.2) is 54.7 Å². The first-order valence-corrected chi connectivity index (χ1v) is 8.95. The molecule has 1 aromatic heterocycles. The number of hydrogen-bond acceptors (Lipinski definition) is 7. The van der Waals surface area contributed by atoms with Crippen molar-refractivity contribution in [2.45, 2.75) is 12.9 Å². The van der Waals surface area contributed by atoms with E-state index in [2.05, 4.69) is 9.97 Å². The summed E-state index contributed by atoms with van der Waals surface area (Å²) in [5.41, 5.74) is 8.43. The quantitative estimate of drug-likeness (QED) is 0.702. The van der Waals surface area contributed by atoms with Gasteiger partial charge in [0.2, 0.25) is 0 Å². The van der Waals surface area contributed by atoms with Crippen molar-refractivity contribution in [3.8, 4) is 22.9 Å². The van der Waals surface area contributed by atoms with Crippen LogP contribution in [0.2, 0.25) is 0 Å². The van der Waals surface area contributed by atoms with Gasteiger partial charge in [-0.3, -0.25) is 0 Å². The Hall–Kier alpha value is -3.16. The molecular formula is C21H21N3O4. The van der Waals surface area contributed by atoms with E-state index < -0.39 is 6.29 Å². The van der Waals surface area contributed by atoms with E-state index in [0.29, 0.717) is 37.2 Å². The van der Waals surface area contributed by atoms with Crippen LogP contribution in [-0.4, -0.2) is 30.3 Å². The van der Waals surface area contributed by atoms with Crippen LogP contribution in [0, 0.1) is 0 Å². The molecule has 144 valence electrons. The molecule has 0 radical (unpaired) electrons. The average molecular weight is 379 g/mol. The van der Waals surface area contributed by atoms with Crippen molar-refractivity contribution in [1.82, 2.24) is 9.97 Å². The molecule has 7 nitrogen and oxygen atoms in total. The largest absolute Gasteiger partial charge is 0.497 e. The molecule has 0 amide bonds. The first kappa shape index (κ1) is 18.2. The Morgan fingerprint density at radius 2 is 1.86 bits per heavy atom. The summed E-state index contributed by atoms with van der Waals surface area (Å²) in [5, 5.41) is 0. The molecule has 2 N–H and O–H groups in total. The molecule has 0 unspecified atom stereocenters. The second kappa shape index (κ2) is 8.24. The number of ether oxygens (including phenoxy) is 4. The number of nitrogens with zero attached hydrogens (tertiary/aromatic N) is 2. The number of hydrogen-bond donors (Lipinski definition) is 1. The summed E-state index contributed by atoms with van der Waals surface area (Å²) in [6.45, 7) is 1.50. The maximum atomic E-state index is 6.06. The zero-order valence-corrected chi connectivity index (χ0v) is 15.5. The van der Waals surface area contributed by atoms with Crippen molar-refractivity contribution in [2.75, 3.05) is 26.1 Å². The zero-order chi connectivity index (χ0) is 19.3. The third-order valence-electron chi connectivity index (χ3n) is 4.37. The normalized spacial score (nSPS) is 14.2. The number of benzene rings is 2. The Morgan fingerprint density at radius 3 is 2.57 bits per heavy atom. The summed E-state index contributed by atoms with van der Waals surface area (Å²) in [4.78, 5) is 8.57. The molecule has 1 fully saturated rings. The van der Waals surface area contributed by atoms with Crippen LogP contribution in [0.3, 0.4) is 0 Å². The van der Waals surface area contributed by atoms with Gasteiger partial charge in [0.25, 0.3) is 0 Å². The summed E-state index contributed by atoms with van der Waals surface area (Å²) in [6.07, 6.45) is 1.15. The lowest BCUT2D eigenvalue weighted by atomic mass is 10.1. The van der Waals surface area contributed by atoms with Crippen LogP contribution in [-0.2, 0) is 16.1 Å². The Morgan fingerprint density at radius 1 is 1.07 bits per heavy atom. The van der Waals surface area contributed by atoms with E-state index >= 15 is 0 Å². The van der Waals surface area contributed by atoms with Gasteiger partial charge in [0.1, 0.15) is 23.9 Å². The molecule has 28 heavy (non-hydrogen) atoms. The number of nitrogens with two attached hydrogens (primary N) is 1. The summed E-state index contributed by atoms with van der Waals surface area (Å²) in [7, 11) is 1.64. The minimum absolute atomic E-state index is 0.415. The predicted octanol–water partition coefficient (Wildman–Crippen LogP) is 3.36. The molecule has 3 aromatic rings. The van der Waals surface area contributed by atoms with Gasteiger partial charge in [0, 0.05) is 11.8 Å². The second-order valence-electron chi connectivity index (χ2n) is 6.27. The smallest absolute Gasteiger partial charge is 0.187 e. The van der Waals surface area contributed by atoms with Crippen LogP contribution in [0.1, 0.15) is 17.4 Å². The molecule has 0 bridgehead atoms. The summed E-state index contributed by atoms with van der Waals surface area (Å²) in [5.74, 6) is 2.46. The van der Waals surface area contributed by atoms with E-state index in [1.54, 1.807) is 19.4 Å². The fourth-order valence-corrected chi connectivity index (χ4v) is 2.94. The Bertz CT molecular complexity index is 941. The number of anilines is 1. The van der Waals surface area contributed by atoms with Crippen molar-refractivity contribution < 1.29 is 18.9 Å². The molecule has 0 aliphatic carbocycles. The van der Waals surface area contributed by atoms with Gasteiger partial charge in [0.05, 0.1) is 25.9 Å². The lowest BCUT2D eigenvalue weighted by Crippen LogP contribution is -2.05. The molecule has 4 rings (SSSR count). The van der Waals surface area contributed by atoms with Gasteiger partial charge in [0.15, 0.2) is 12.1 Å². The predicted molar refractivity (Wildman–Crippen MR) is 104 cm³/mol. The third-order valence-corrected chi connectivity index (χ3v) is 4.37. The van der Waals surface area contributed by atoms with Gasteiger partial charge in [-0.2, -0.15) is 0 Å². The third kappa shape index (κ3) is 4.05. The molecular weight excluding hydrogens is 358 g/mol. The van der Waals surface area contributed by atoms with E-state index in [1.807, 2.05) is 42.5 Å². The average Bonchev–Trinajstić information content (AvgIpc) is 3.27. The van der Waals surface area contributed by atoms with E-state index in [1.165, 1.54) is 0 Å². The maximum absolute atomic E-state index is 6.06. The fourth-order valence-electron chi connectivity index (χ4n) is 2.94. The molecule has 2 aromatic carbocycles. The summed E-state index contributed by atoms with van der Waals surface area (Å²) >= 11 is 0. The van der Waals surface area contributed by atoms with Gasteiger partial charge >= 0.3 is 0 Å². The van der Waals surface area contributed by atoms with Gasteiger partial charge in [-0.25, -0.2) is 9.97 Å². The molecule has 1 saturated heterocycles. The van der Waals surface area contributed by atoms with Crippen molar-refractivity contribution in [1.29, 1.82) is 0 Å². The lowest BCUT2D eigenvalue weighted by molar-refractivity contribution is -0.0458. The van der Waals surface area contributed by atoms with Gasteiger partial charge in [-0.15, -0.1) is 0 Å². The van der Waals surface area contributed by atoms with Crippen LogP contribution in [0.25, 0.3) is 11.4 Å². The minimum atomic E-state index is -0.480. The van der Waals surface area contributed by atoms with Crippen molar-refractivity contribution in [3.63, 3.8) is 0 Å². The van der Waals surface area contributed by atoms with E-state index in [9.17, 15) is 0 Å². The van der Waals surface area contributed by atoms with E-state index in [0.717, 1.165) is 22.4 Å². The first-order valence-electron chi connectivity index (χ1n) is 8.95. The Kier molecular flexibility index (Phi) is 5.36. The number of nitrogen functional groups attached to an aromatic ring is 1. The molecule has 0 atom stereocenters. The highest BCUT2D eigenvalue weighted by molar-refractivity contribution is 5.60. The lowest BCUT2D eigenvalue weighted by Gasteiger charge is -2.17. The van der Waals surface area contributed by atoms with Crippen molar-refractivity contribution in [3.05, 3.63) is 65.9 Å². The Balaban J connectivity index is 1.60. The number of methoxy groups -OCH3 is 1. The molecule has 7 heteroatoms. The van der Waals surface area contributed by atoms with Gasteiger partial charge in [-0.05, 0) is 42.0 Å². The number of rotatable bonds is 6. The van der Waals surface area contributed by atoms with E-state index in [4.69, 9.17) is 24.7 Å². The maximum Gasteiger partial charge on any atom is 0.187 e. The topological polar surface area (TPSA) is 88.7 Å². The highest BCUT2D eigenvalue weighted by atomic mass is 16.7. The monoisotopic (exact) mass is 379 g/mol. The van der Waals surface area contributed by atoms with Crippen LogP contribution < -0.4 is 15.2 Å². The molecule has 1 aliphatic rings. The van der Waals surface area contributed by atoms with Gasteiger partial charge < -0.3 is 24.7 Å². The van der Waals surface area contributed by atoms with Crippen LogP contribution >= 0.6 is 0 Å². The van der Waals surface area contributed by atoms with E-state index in [-0.39, 0.29) is 0 Å². The summed E-state index contributed by atoms with van der Waals surface area (Å²) < 4.78 is 22.6. The zero-order valence-electron chi connectivity index (χ0n) is 15.5. The molecule has 0 saturated carbocycles. The van der Waals surface area contributed by atoms with Crippen LogP contribution in [0.5, 0.6) is 11.5 Å².